The molecular weight excluding hydrogens is 280 g/mol. The average Bonchev–Trinajstić information content (AvgIpc) is 2.45. The van der Waals surface area contributed by atoms with Crippen LogP contribution >= 0.6 is 24.2 Å². The van der Waals surface area contributed by atoms with Crippen molar-refractivity contribution in [3.63, 3.8) is 0 Å². The Hall–Kier alpha value is -0.710. The quantitative estimate of drug-likeness (QED) is 0.794. The number of benzene rings is 1. The van der Waals surface area contributed by atoms with Gasteiger partial charge in [-0.3, -0.25) is 4.79 Å². The molecule has 1 aromatic rings. The first-order valence-corrected chi connectivity index (χ1v) is 7.50. The van der Waals surface area contributed by atoms with Crippen molar-refractivity contribution >= 4 is 30.1 Å². The minimum atomic E-state index is -0.282. The van der Waals surface area contributed by atoms with Gasteiger partial charge in [-0.2, -0.15) is 0 Å². The second kappa shape index (κ2) is 8.46. The second-order valence-corrected chi connectivity index (χ2v) is 5.25. The molecule has 0 saturated carbocycles. The van der Waals surface area contributed by atoms with Gasteiger partial charge in [-0.25, -0.2) is 0 Å². The number of carbonyl (C=O) groups is 1. The first-order valence-electron chi connectivity index (χ1n) is 6.27. The molecule has 0 aromatic heterocycles. The molecule has 5 heteroatoms. The van der Waals surface area contributed by atoms with Gasteiger partial charge in [0.1, 0.15) is 0 Å². The third-order valence-corrected chi connectivity index (χ3v) is 4.22. The van der Waals surface area contributed by atoms with E-state index in [1.54, 1.807) is 11.8 Å². The van der Waals surface area contributed by atoms with Gasteiger partial charge in [0.25, 0.3) is 5.91 Å². The van der Waals surface area contributed by atoms with Crippen LogP contribution in [-0.4, -0.2) is 24.2 Å². The Morgan fingerprint density at radius 2 is 1.79 bits per heavy atom. The number of halogens is 1. The molecule has 0 aliphatic heterocycles. The number of nitrogens with one attached hydrogen (secondary N) is 1. The maximum Gasteiger partial charge on any atom is 0.251 e. The normalized spacial score (nSPS) is 10.7. The van der Waals surface area contributed by atoms with Gasteiger partial charge in [-0.1, -0.05) is 13.8 Å². The summed E-state index contributed by atoms with van der Waals surface area (Å²) in [6.45, 7) is 4.57. The van der Waals surface area contributed by atoms with E-state index >= 15 is 0 Å². The monoisotopic (exact) mass is 302 g/mol. The van der Waals surface area contributed by atoms with Crippen LogP contribution < -0.4 is 11.1 Å². The van der Waals surface area contributed by atoms with Crippen LogP contribution in [0.4, 0.5) is 0 Å². The number of hydrogen-bond acceptors (Lipinski definition) is 3. The maximum atomic E-state index is 12.2. The molecule has 1 amide bonds. The predicted molar refractivity (Wildman–Crippen MR) is 85.3 cm³/mol. The predicted octanol–water partition coefficient (Wildman–Crippen LogP) is 3.08. The van der Waals surface area contributed by atoms with Gasteiger partial charge >= 0.3 is 0 Å². The smallest absolute Gasteiger partial charge is 0.251 e. The molecule has 0 bridgehead atoms. The zero-order chi connectivity index (χ0) is 13.6. The molecule has 0 saturated heterocycles. The number of rotatable bonds is 6. The van der Waals surface area contributed by atoms with Gasteiger partial charge in [0, 0.05) is 17.0 Å². The highest BCUT2D eigenvalue weighted by Gasteiger charge is 2.26. The number of amides is 1. The van der Waals surface area contributed by atoms with Crippen molar-refractivity contribution in [1.29, 1.82) is 0 Å². The van der Waals surface area contributed by atoms with Gasteiger partial charge in [0.05, 0.1) is 5.54 Å². The minimum Gasteiger partial charge on any atom is -0.345 e. The summed E-state index contributed by atoms with van der Waals surface area (Å²) in [5.74, 6) is -0.0446. The zero-order valence-electron chi connectivity index (χ0n) is 11.7. The molecule has 0 unspecified atom stereocenters. The van der Waals surface area contributed by atoms with Crippen molar-refractivity contribution in [3.8, 4) is 0 Å². The second-order valence-electron chi connectivity index (χ2n) is 4.37. The van der Waals surface area contributed by atoms with Crippen molar-refractivity contribution < 1.29 is 4.79 Å². The molecule has 1 aromatic carbocycles. The number of hydrogen-bond donors (Lipinski definition) is 2. The highest BCUT2D eigenvalue weighted by atomic mass is 35.5. The molecule has 3 N–H and O–H groups in total. The summed E-state index contributed by atoms with van der Waals surface area (Å²) in [6, 6.07) is 7.63. The molecule has 19 heavy (non-hydrogen) atoms. The van der Waals surface area contributed by atoms with Crippen LogP contribution in [0.1, 0.15) is 37.0 Å². The largest absolute Gasteiger partial charge is 0.345 e. The molecule has 0 aliphatic rings. The van der Waals surface area contributed by atoms with E-state index in [9.17, 15) is 4.79 Å². The lowest BCUT2D eigenvalue weighted by Gasteiger charge is -2.31. The first-order chi connectivity index (χ1) is 8.60. The van der Waals surface area contributed by atoms with Crippen LogP contribution in [0.25, 0.3) is 0 Å². The Morgan fingerprint density at radius 3 is 2.16 bits per heavy atom. The molecule has 0 heterocycles. The van der Waals surface area contributed by atoms with Crippen molar-refractivity contribution in [1.82, 2.24) is 5.32 Å². The molecule has 0 radical (unpaired) electrons. The summed E-state index contributed by atoms with van der Waals surface area (Å²) in [5, 5.41) is 3.06. The number of thioether (sulfide) groups is 1. The molecule has 1 rings (SSSR count). The van der Waals surface area contributed by atoms with Gasteiger partial charge in [-0.05, 0) is 43.4 Å². The van der Waals surface area contributed by atoms with Crippen molar-refractivity contribution in [2.24, 2.45) is 5.73 Å². The standard InChI is InChI=1S/C14H22N2OS.ClH/c1-4-14(5-2,10-15)16-13(17)11-6-8-12(18-3)9-7-11;/h6-9H,4-5,10,15H2,1-3H3,(H,16,17);1H. The molecule has 108 valence electrons. The van der Waals surface area contributed by atoms with E-state index in [0.29, 0.717) is 12.1 Å². The van der Waals surface area contributed by atoms with E-state index < -0.39 is 0 Å². The topological polar surface area (TPSA) is 55.1 Å². The highest BCUT2D eigenvalue weighted by Crippen LogP contribution is 2.17. The summed E-state index contributed by atoms with van der Waals surface area (Å²) >= 11 is 1.66. The third kappa shape index (κ3) is 4.71. The molecule has 0 fully saturated rings. The summed E-state index contributed by atoms with van der Waals surface area (Å²) < 4.78 is 0. The molecule has 3 nitrogen and oxygen atoms in total. The summed E-state index contributed by atoms with van der Waals surface area (Å²) in [5.41, 5.74) is 6.19. The third-order valence-electron chi connectivity index (χ3n) is 3.48. The van der Waals surface area contributed by atoms with Crippen LogP contribution in [0.15, 0.2) is 29.2 Å². The van der Waals surface area contributed by atoms with Crippen molar-refractivity contribution in [2.45, 2.75) is 37.1 Å². The van der Waals surface area contributed by atoms with E-state index in [0.717, 1.165) is 17.7 Å². The fourth-order valence-electron chi connectivity index (χ4n) is 1.82. The Bertz CT molecular complexity index is 383. The first kappa shape index (κ1) is 18.3. The van der Waals surface area contributed by atoms with Gasteiger partial charge in [-0.15, -0.1) is 24.2 Å². The SMILES string of the molecule is CCC(CC)(CN)NC(=O)c1ccc(SC)cc1.Cl. The van der Waals surface area contributed by atoms with E-state index in [1.165, 1.54) is 0 Å². The molecule has 0 atom stereocenters. The van der Waals surface area contributed by atoms with E-state index in [4.69, 9.17) is 5.73 Å². The number of carbonyl (C=O) groups excluding carboxylic acids is 1. The maximum absolute atomic E-state index is 12.2. The molecule has 0 aliphatic carbocycles. The van der Waals surface area contributed by atoms with E-state index in [-0.39, 0.29) is 23.9 Å². The van der Waals surface area contributed by atoms with E-state index in [1.807, 2.05) is 44.4 Å². The summed E-state index contributed by atoms with van der Waals surface area (Å²) in [4.78, 5) is 13.3. The lowest BCUT2D eigenvalue weighted by Crippen LogP contribution is -2.52. The van der Waals surface area contributed by atoms with Crippen LogP contribution in [0, 0.1) is 0 Å². The Balaban J connectivity index is 0.00000324. The minimum absolute atomic E-state index is 0. The van der Waals surface area contributed by atoms with E-state index in [2.05, 4.69) is 5.32 Å². The van der Waals surface area contributed by atoms with Crippen LogP contribution in [0.5, 0.6) is 0 Å². The molecular formula is C14H23ClN2OS. The van der Waals surface area contributed by atoms with Crippen LogP contribution in [0.2, 0.25) is 0 Å². The van der Waals surface area contributed by atoms with Gasteiger partial charge in [0.15, 0.2) is 0 Å². The molecule has 0 spiro atoms. The average molecular weight is 303 g/mol. The Kier molecular flexibility index (Phi) is 8.14. The zero-order valence-corrected chi connectivity index (χ0v) is 13.4. The van der Waals surface area contributed by atoms with Crippen molar-refractivity contribution in [2.75, 3.05) is 12.8 Å². The lowest BCUT2D eigenvalue weighted by atomic mass is 9.92. The number of nitrogens with two attached hydrogens (primary N) is 1. The summed E-state index contributed by atoms with van der Waals surface area (Å²) in [6.07, 6.45) is 3.70. The lowest BCUT2D eigenvalue weighted by molar-refractivity contribution is 0.0895. The van der Waals surface area contributed by atoms with Gasteiger partial charge in [0.2, 0.25) is 0 Å². The van der Waals surface area contributed by atoms with Crippen molar-refractivity contribution in [3.05, 3.63) is 29.8 Å². The fraction of sp³-hybridized carbons (Fsp3) is 0.500. The summed E-state index contributed by atoms with van der Waals surface area (Å²) in [7, 11) is 0. The highest BCUT2D eigenvalue weighted by molar-refractivity contribution is 7.98. The Labute approximate surface area is 126 Å². The van der Waals surface area contributed by atoms with Crippen LogP contribution in [0.3, 0.4) is 0 Å². The fourth-order valence-corrected chi connectivity index (χ4v) is 2.23. The van der Waals surface area contributed by atoms with Gasteiger partial charge < -0.3 is 11.1 Å². The van der Waals surface area contributed by atoms with Crippen LogP contribution in [-0.2, 0) is 0 Å². The Morgan fingerprint density at radius 1 is 1.26 bits per heavy atom.